The second kappa shape index (κ2) is 4.86. The maximum absolute atomic E-state index is 11.6. The Morgan fingerprint density at radius 3 is 2.25 bits per heavy atom. The molecule has 1 aromatic heterocycles. The Labute approximate surface area is 120 Å². The molecule has 0 unspecified atom stereocenters. The van der Waals surface area contributed by atoms with Gasteiger partial charge in [0.2, 0.25) is 0 Å². The van der Waals surface area contributed by atoms with Crippen LogP contribution in [-0.4, -0.2) is 36.3 Å². The van der Waals surface area contributed by atoms with Crippen LogP contribution >= 0.6 is 0 Å². The van der Waals surface area contributed by atoms with E-state index in [4.69, 9.17) is 9.31 Å². The fourth-order valence-electron chi connectivity index (χ4n) is 2.06. The molecular weight excluding hydrogens is 255 g/mol. The molecule has 2 rings (SSSR count). The SMILES string of the molecule is CNC(=O)c1ncc(B2OC(C)(C)C(C)(C)O2)cc1C. The lowest BCUT2D eigenvalue weighted by Gasteiger charge is -2.32. The number of carbonyl (C=O) groups is 1. The lowest BCUT2D eigenvalue weighted by Crippen LogP contribution is -2.41. The quantitative estimate of drug-likeness (QED) is 0.820. The van der Waals surface area contributed by atoms with Crippen molar-refractivity contribution in [3.63, 3.8) is 0 Å². The molecule has 1 N–H and O–H groups in total. The molecule has 0 saturated carbocycles. The molecule has 1 aliphatic heterocycles. The Hall–Kier alpha value is -1.40. The van der Waals surface area contributed by atoms with Crippen LogP contribution in [0, 0.1) is 6.92 Å². The zero-order chi connectivity index (χ0) is 15.1. The van der Waals surface area contributed by atoms with Crippen LogP contribution in [0.5, 0.6) is 0 Å². The number of aryl methyl sites for hydroxylation is 1. The summed E-state index contributed by atoms with van der Waals surface area (Å²) in [6.45, 7) is 9.88. The van der Waals surface area contributed by atoms with Gasteiger partial charge in [-0.05, 0) is 40.2 Å². The molecule has 2 heterocycles. The first-order chi connectivity index (χ1) is 9.18. The first-order valence-electron chi connectivity index (χ1n) is 6.72. The van der Waals surface area contributed by atoms with E-state index < -0.39 is 7.12 Å². The van der Waals surface area contributed by atoms with Gasteiger partial charge in [0, 0.05) is 18.7 Å². The van der Waals surface area contributed by atoms with E-state index in [0.717, 1.165) is 11.0 Å². The first-order valence-corrected chi connectivity index (χ1v) is 6.72. The summed E-state index contributed by atoms with van der Waals surface area (Å²) < 4.78 is 11.9. The summed E-state index contributed by atoms with van der Waals surface area (Å²) in [6.07, 6.45) is 1.64. The van der Waals surface area contributed by atoms with Crippen molar-refractivity contribution in [2.75, 3.05) is 7.05 Å². The number of carbonyl (C=O) groups excluding carboxylic acids is 1. The summed E-state index contributed by atoms with van der Waals surface area (Å²) in [4.78, 5) is 15.9. The van der Waals surface area contributed by atoms with Crippen molar-refractivity contribution in [2.24, 2.45) is 0 Å². The number of rotatable bonds is 2. The average molecular weight is 276 g/mol. The Kier molecular flexibility index (Phi) is 3.65. The van der Waals surface area contributed by atoms with E-state index in [0.29, 0.717) is 5.69 Å². The third-order valence-electron chi connectivity index (χ3n) is 4.07. The highest BCUT2D eigenvalue weighted by atomic mass is 16.7. The van der Waals surface area contributed by atoms with Crippen molar-refractivity contribution in [1.82, 2.24) is 10.3 Å². The van der Waals surface area contributed by atoms with Crippen LogP contribution in [0.3, 0.4) is 0 Å². The molecule has 0 bridgehead atoms. The third kappa shape index (κ3) is 2.45. The number of nitrogens with zero attached hydrogens (tertiary/aromatic N) is 1. The monoisotopic (exact) mass is 276 g/mol. The minimum atomic E-state index is -0.454. The van der Waals surface area contributed by atoms with Crippen molar-refractivity contribution >= 4 is 18.5 Å². The summed E-state index contributed by atoms with van der Waals surface area (Å²) in [5.41, 5.74) is 1.29. The summed E-state index contributed by atoms with van der Waals surface area (Å²) in [5.74, 6) is -0.192. The van der Waals surface area contributed by atoms with Crippen LogP contribution < -0.4 is 10.8 Å². The molecule has 6 heteroatoms. The summed E-state index contributed by atoms with van der Waals surface area (Å²) in [5, 5.41) is 2.57. The number of hydrogen-bond acceptors (Lipinski definition) is 4. The predicted molar refractivity (Wildman–Crippen MR) is 78.1 cm³/mol. The Balaban J connectivity index is 2.28. The fraction of sp³-hybridized carbons (Fsp3) is 0.571. The number of aromatic nitrogens is 1. The molecule has 1 saturated heterocycles. The fourth-order valence-corrected chi connectivity index (χ4v) is 2.06. The first kappa shape index (κ1) is 15.0. The summed E-state index contributed by atoms with van der Waals surface area (Å²) in [6, 6.07) is 1.89. The van der Waals surface area contributed by atoms with E-state index in [-0.39, 0.29) is 17.1 Å². The molecule has 1 fully saturated rings. The maximum atomic E-state index is 11.6. The van der Waals surface area contributed by atoms with E-state index in [1.165, 1.54) is 0 Å². The largest absolute Gasteiger partial charge is 0.496 e. The molecule has 0 aromatic carbocycles. The average Bonchev–Trinajstić information content (AvgIpc) is 2.57. The van der Waals surface area contributed by atoms with Crippen molar-refractivity contribution in [2.45, 2.75) is 45.8 Å². The van der Waals surface area contributed by atoms with Gasteiger partial charge in [-0.25, -0.2) is 0 Å². The van der Waals surface area contributed by atoms with Gasteiger partial charge in [0.25, 0.3) is 5.91 Å². The third-order valence-corrected chi connectivity index (χ3v) is 4.07. The van der Waals surface area contributed by atoms with Crippen LogP contribution in [0.4, 0.5) is 0 Å². The molecule has 108 valence electrons. The van der Waals surface area contributed by atoms with Crippen molar-refractivity contribution < 1.29 is 14.1 Å². The van der Waals surface area contributed by atoms with Gasteiger partial charge in [-0.3, -0.25) is 9.78 Å². The van der Waals surface area contributed by atoms with Crippen LogP contribution in [0.25, 0.3) is 0 Å². The zero-order valence-electron chi connectivity index (χ0n) is 12.9. The second-order valence-corrected chi connectivity index (χ2v) is 6.10. The highest BCUT2D eigenvalue weighted by Gasteiger charge is 2.51. The minimum Gasteiger partial charge on any atom is -0.399 e. The number of nitrogens with one attached hydrogen (secondary N) is 1. The Bertz CT molecular complexity index is 527. The van der Waals surface area contributed by atoms with Crippen molar-refractivity contribution in [3.8, 4) is 0 Å². The van der Waals surface area contributed by atoms with Crippen molar-refractivity contribution in [1.29, 1.82) is 0 Å². The van der Waals surface area contributed by atoms with Gasteiger partial charge >= 0.3 is 7.12 Å². The molecule has 0 aliphatic carbocycles. The van der Waals surface area contributed by atoms with Gasteiger partial charge in [0.1, 0.15) is 5.69 Å². The van der Waals surface area contributed by atoms with Gasteiger partial charge in [0.15, 0.2) is 0 Å². The van der Waals surface area contributed by atoms with Gasteiger partial charge in [0.05, 0.1) is 11.2 Å². The molecule has 1 aliphatic rings. The molecule has 0 spiro atoms. The van der Waals surface area contributed by atoms with E-state index in [9.17, 15) is 4.79 Å². The molecule has 0 radical (unpaired) electrons. The zero-order valence-corrected chi connectivity index (χ0v) is 12.9. The highest BCUT2D eigenvalue weighted by molar-refractivity contribution is 6.62. The van der Waals surface area contributed by atoms with Crippen LogP contribution in [0.1, 0.15) is 43.7 Å². The predicted octanol–water partition coefficient (Wildman–Crippen LogP) is 1.05. The van der Waals surface area contributed by atoms with Crippen molar-refractivity contribution in [3.05, 3.63) is 23.5 Å². The van der Waals surface area contributed by atoms with E-state index in [1.807, 2.05) is 40.7 Å². The van der Waals surface area contributed by atoms with E-state index in [1.54, 1.807) is 13.2 Å². The highest BCUT2D eigenvalue weighted by Crippen LogP contribution is 2.36. The lowest BCUT2D eigenvalue weighted by molar-refractivity contribution is 0.00578. The molecular formula is C14H21BN2O3. The smallest absolute Gasteiger partial charge is 0.399 e. The normalized spacial score (nSPS) is 20.0. The molecule has 0 atom stereocenters. The van der Waals surface area contributed by atoms with E-state index >= 15 is 0 Å². The summed E-state index contributed by atoms with van der Waals surface area (Å²) in [7, 11) is 1.14. The van der Waals surface area contributed by atoms with Gasteiger partial charge in [-0.15, -0.1) is 0 Å². The number of amides is 1. The minimum absolute atomic E-state index is 0.192. The Morgan fingerprint density at radius 2 is 1.80 bits per heavy atom. The lowest BCUT2D eigenvalue weighted by atomic mass is 9.79. The standard InChI is InChI=1S/C14H21BN2O3/c1-9-7-10(8-17-11(9)12(18)16-6)15-19-13(2,3)14(4,5)20-15/h7-8H,1-6H3,(H,16,18). The molecule has 20 heavy (non-hydrogen) atoms. The summed E-state index contributed by atoms with van der Waals surface area (Å²) >= 11 is 0. The van der Waals surface area contributed by atoms with Gasteiger partial charge in [-0.2, -0.15) is 0 Å². The topological polar surface area (TPSA) is 60.5 Å². The van der Waals surface area contributed by atoms with Crippen LogP contribution in [-0.2, 0) is 9.31 Å². The molecule has 1 amide bonds. The molecule has 5 nitrogen and oxygen atoms in total. The van der Waals surface area contributed by atoms with Crippen LogP contribution in [0.15, 0.2) is 12.3 Å². The van der Waals surface area contributed by atoms with Gasteiger partial charge < -0.3 is 14.6 Å². The van der Waals surface area contributed by atoms with E-state index in [2.05, 4.69) is 10.3 Å². The Morgan fingerprint density at radius 1 is 1.25 bits per heavy atom. The number of hydrogen-bond donors (Lipinski definition) is 1. The maximum Gasteiger partial charge on any atom is 0.496 e. The van der Waals surface area contributed by atoms with Gasteiger partial charge in [-0.1, -0.05) is 6.07 Å². The van der Waals surface area contributed by atoms with Crippen LogP contribution in [0.2, 0.25) is 0 Å². The molecule has 1 aromatic rings. The second-order valence-electron chi connectivity index (χ2n) is 6.10. The number of pyridine rings is 1.